The first kappa shape index (κ1) is 17.7. The number of nitriles is 1. The van der Waals surface area contributed by atoms with Crippen LogP contribution < -0.4 is 5.32 Å². The van der Waals surface area contributed by atoms with E-state index in [0.29, 0.717) is 22.2 Å². The summed E-state index contributed by atoms with van der Waals surface area (Å²) in [4.78, 5) is 22.4. The van der Waals surface area contributed by atoms with Gasteiger partial charge in [-0.2, -0.15) is 5.26 Å². The number of benzene rings is 1. The number of thioether (sulfide) groups is 1. The first-order chi connectivity index (χ1) is 12.1. The second-order valence-corrected chi connectivity index (χ2v) is 7.75. The number of aromatic nitrogens is 2. The first-order valence-electron chi connectivity index (χ1n) is 7.36. The van der Waals surface area contributed by atoms with Crippen molar-refractivity contribution in [2.45, 2.75) is 18.5 Å². The van der Waals surface area contributed by atoms with E-state index in [2.05, 4.69) is 21.4 Å². The molecule has 3 aromatic rings. The van der Waals surface area contributed by atoms with Crippen molar-refractivity contribution in [3.63, 3.8) is 0 Å². The molecule has 1 N–H and O–H groups in total. The van der Waals surface area contributed by atoms with Crippen molar-refractivity contribution in [1.29, 1.82) is 5.26 Å². The van der Waals surface area contributed by atoms with Gasteiger partial charge in [0.25, 0.3) is 0 Å². The third-order valence-corrected chi connectivity index (χ3v) is 6.06. The molecule has 5 nitrogen and oxygen atoms in total. The second kappa shape index (κ2) is 7.83. The molecule has 25 heavy (non-hydrogen) atoms. The van der Waals surface area contributed by atoms with Gasteiger partial charge in [-0.25, -0.2) is 9.97 Å². The Morgan fingerprint density at radius 1 is 1.36 bits per heavy atom. The summed E-state index contributed by atoms with van der Waals surface area (Å²) in [6.45, 7) is 2.36. The van der Waals surface area contributed by atoms with Crippen molar-refractivity contribution in [3.8, 4) is 6.07 Å². The molecule has 0 fully saturated rings. The van der Waals surface area contributed by atoms with Crippen molar-refractivity contribution in [2.24, 2.45) is 0 Å². The summed E-state index contributed by atoms with van der Waals surface area (Å²) in [5, 5.41) is 13.8. The number of carbonyl (C=O) groups excluding carboxylic acids is 1. The van der Waals surface area contributed by atoms with Gasteiger partial charge in [-0.1, -0.05) is 35.5 Å². The molecule has 8 heteroatoms. The fourth-order valence-corrected chi connectivity index (χ4v) is 4.37. The van der Waals surface area contributed by atoms with Crippen molar-refractivity contribution < 1.29 is 4.79 Å². The number of hydrogen-bond donors (Lipinski definition) is 1. The summed E-state index contributed by atoms with van der Waals surface area (Å²) in [6.07, 6.45) is 1.49. The minimum Gasteiger partial charge on any atom is -0.351 e. The molecule has 0 unspecified atom stereocenters. The quantitative estimate of drug-likeness (QED) is 0.529. The fourth-order valence-electron chi connectivity index (χ4n) is 2.18. The largest absolute Gasteiger partial charge is 0.351 e. The number of nitrogens with zero attached hydrogens (tertiary/aromatic N) is 3. The van der Waals surface area contributed by atoms with Crippen LogP contribution in [0.4, 0.5) is 0 Å². The Balaban J connectivity index is 1.60. The van der Waals surface area contributed by atoms with Crippen LogP contribution in [-0.4, -0.2) is 21.6 Å². The highest BCUT2D eigenvalue weighted by Crippen LogP contribution is 2.38. The number of hydrogen-bond acceptors (Lipinski definition) is 6. The van der Waals surface area contributed by atoms with Crippen LogP contribution >= 0.6 is 34.7 Å². The number of fused-ring (bicyclic) bond motifs is 1. The zero-order chi connectivity index (χ0) is 17.8. The molecule has 0 spiro atoms. The Labute approximate surface area is 158 Å². The molecule has 0 radical (unpaired) electrons. The van der Waals surface area contributed by atoms with Gasteiger partial charge in [-0.15, -0.1) is 11.3 Å². The summed E-state index contributed by atoms with van der Waals surface area (Å²) < 4.78 is 0. The summed E-state index contributed by atoms with van der Waals surface area (Å²) in [6, 6.07) is 9.18. The third-order valence-electron chi connectivity index (χ3n) is 3.47. The Morgan fingerprint density at radius 3 is 2.84 bits per heavy atom. The monoisotopic (exact) mass is 388 g/mol. The predicted octanol–water partition coefficient (Wildman–Crippen LogP) is 3.93. The van der Waals surface area contributed by atoms with E-state index < -0.39 is 0 Å². The van der Waals surface area contributed by atoms with Gasteiger partial charge >= 0.3 is 0 Å². The van der Waals surface area contributed by atoms with Crippen LogP contribution in [-0.2, 0) is 11.3 Å². The van der Waals surface area contributed by atoms with E-state index >= 15 is 0 Å². The maximum Gasteiger partial charge on any atom is 0.230 e. The van der Waals surface area contributed by atoms with Crippen LogP contribution in [0, 0.1) is 18.3 Å². The van der Waals surface area contributed by atoms with Gasteiger partial charge < -0.3 is 5.32 Å². The highest BCUT2D eigenvalue weighted by atomic mass is 35.5. The molecule has 3 rings (SSSR count). The van der Waals surface area contributed by atoms with Crippen LogP contribution in [0.15, 0.2) is 35.6 Å². The zero-order valence-electron chi connectivity index (χ0n) is 13.2. The number of halogens is 1. The zero-order valence-corrected chi connectivity index (χ0v) is 15.6. The van der Waals surface area contributed by atoms with E-state index in [1.807, 2.05) is 19.1 Å². The Hall–Kier alpha value is -2.14. The summed E-state index contributed by atoms with van der Waals surface area (Å²) in [5.74, 6) is 0.150. The van der Waals surface area contributed by atoms with E-state index in [1.54, 1.807) is 12.1 Å². The van der Waals surface area contributed by atoms with Crippen molar-refractivity contribution in [1.82, 2.24) is 15.3 Å². The predicted molar refractivity (Wildman–Crippen MR) is 101 cm³/mol. The molecule has 2 heterocycles. The molecule has 0 bridgehead atoms. The molecule has 1 amide bonds. The highest BCUT2D eigenvalue weighted by molar-refractivity contribution is 8.00. The average molecular weight is 389 g/mol. The Kier molecular flexibility index (Phi) is 5.53. The first-order valence-corrected chi connectivity index (χ1v) is 9.54. The van der Waals surface area contributed by atoms with E-state index in [0.717, 1.165) is 20.7 Å². The Morgan fingerprint density at radius 2 is 2.12 bits per heavy atom. The van der Waals surface area contributed by atoms with Gasteiger partial charge in [0.2, 0.25) is 5.91 Å². The van der Waals surface area contributed by atoms with Crippen molar-refractivity contribution in [3.05, 3.63) is 51.6 Å². The molecule has 0 saturated carbocycles. The molecule has 0 aliphatic heterocycles. The van der Waals surface area contributed by atoms with Gasteiger partial charge in [0.15, 0.2) is 0 Å². The average Bonchev–Trinajstić information content (AvgIpc) is 2.93. The molecule has 1 aromatic carbocycles. The minimum atomic E-state index is -0.0933. The van der Waals surface area contributed by atoms with E-state index in [9.17, 15) is 4.79 Å². The van der Waals surface area contributed by atoms with E-state index in [4.69, 9.17) is 16.9 Å². The minimum absolute atomic E-state index is 0.0933. The molecule has 0 atom stereocenters. The van der Waals surface area contributed by atoms with Crippen molar-refractivity contribution >= 4 is 50.8 Å². The fraction of sp³-hybridized carbons (Fsp3) is 0.176. The van der Waals surface area contributed by atoms with Gasteiger partial charge in [0.1, 0.15) is 16.2 Å². The van der Waals surface area contributed by atoms with Gasteiger partial charge in [-0.3, -0.25) is 4.79 Å². The number of nitrogens with one attached hydrogen (secondary N) is 1. The SMILES string of the molecule is Cc1sc2ncnc(SCC(=O)NCc3ccc(C#N)cc3)c2c1Cl. The summed E-state index contributed by atoms with van der Waals surface area (Å²) in [7, 11) is 0. The summed E-state index contributed by atoms with van der Waals surface area (Å²) in [5.41, 5.74) is 1.54. The van der Waals surface area contributed by atoms with Crippen LogP contribution in [0.5, 0.6) is 0 Å². The van der Waals surface area contributed by atoms with Crippen molar-refractivity contribution in [2.75, 3.05) is 5.75 Å². The molecule has 126 valence electrons. The molecular weight excluding hydrogens is 376 g/mol. The number of carbonyl (C=O) groups is 1. The molecule has 2 aromatic heterocycles. The number of amides is 1. The Bertz CT molecular complexity index is 963. The van der Waals surface area contributed by atoms with E-state index in [-0.39, 0.29) is 11.7 Å². The number of thiophene rings is 1. The molecule has 0 aliphatic carbocycles. The lowest BCUT2D eigenvalue weighted by molar-refractivity contribution is -0.118. The van der Waals surface area contributed by atoms with Crippen LogP contribution in [0.25, 0.3) is 10.2 Å². The maximum atomic E-state index is 12.1. The van der Waals surface area contributed by atoms with Gasteiger partial charge in [0, 0.05) is 11.4 Å². The topological polar surface area (TPSA) is 78.7 Å². The lowest BCUT2D eigenvalue weighted by atomic mass is 10.1. The van der Waals surface area contributed by atoms with Gasteiger partial charge in [-0.05, 0) is 24.6 Å². The standard InChI is InChI=1S/C17H13ClN4OS2/c1-10-15(18)14-16(21-9-22-17(14)25-10)24-8-13(23)20-7-12-4-2-11(6-19)3-5-12/h2-5,9H,7-8H2,1H3,(H,20,23). The highest BCUT2D eigenvalue weighted by Gasteiger charge is 2.14. The molecule has 0 aliphatic rings. The van der Waals surface area contributed by atoms with Crippen LogP contribution in [0.2, 0.25) is 5.02 Å². The van der Waals surface area contributed by atoms with Crippen LogP contribution in [0.1, 0.15) is 16.0 Å². The number of rotatable bonds is 5. The normalized spacial score (nSPS) is 10.6. The van der Waals surface area contributed by atoms with E-state index in [1.165, 1.54) is 29.4 Å². The smallest absolute Gasteiger partial charge is 0.230 e. The number of aryl methyl sites for hydroxylation is 1. The van der Waals surface area contributed by atoms with Crippen LogP contribution in [0.3, 0.4) is 0 Å². The third kappa shape index (κ3) is 4.10. The molecular formula is C17H13ClN4OS2. The van der Waals surface area contributed by atoms with Gasteiger partial charge in [0.05, 0.1) is 27.8 Å². The second-order valence-electron chi connectivity index (χ2n) is 5.21. The lowest BCUT2D eigenvalue weighted by Crippen LogP contribution is -2.24. The lowest BCUT2D eigenvalue weighted by Gasteiger charge is -2.06. The molecule has 0 saturated heterocycles. The maximum absolute atomic E-state index is 12.1. The summed E-state index contributed by atoms with van der Waals surface area (Å²) >= 11 is 9.18.